The zero-order valence-electron chi connectivity index (χ0n) is 10.2. The van der Waals surface area contributed by atoms with Crippen molar-refractivity contribution in [2.75, 3.05) is 26.4 Å². The number of allylic oxidation sites excluding steroid dienone is 2. The van der Waals surface area contributed by atoms with Crippen LogP contribution in [0.5, 0.6) is 0 Å². The standard InChI is InChI=1S/C12H22O3/c1-9(2)11-12(10(3)4)15-8-6-13-5-7-14-11/h9-10H,5-8H2,1-4H3/b12-11-. The van der Waals surface area contributed by atoms with E-state index in [1.807, 2.05) is 0 Å². The Hall–Kier alpha value is -0.700. The highest BCUT2D eigenvalue weighted by atomic mass is 16.6. The number of hydrogen-bond acceptors (Lipinski definition) is 3. The highest BCUT2D eigenvalue weighted by Gasteiger charge is 2.18. The third kappa shape index (κ3) is 3.74. The summed E-state index contributed by atoms with van der Waals surface area (Å²) in [4.78, 5) is 0. The lowest BCUT2D eigenvalue weighted by Crippen LogP contribution is -2.12. The van der Waals surface area contributed by atoms with Crippen molar-refractivity contribution in [1.29, 1.82) is 0 Å². The molecule has 0 N–H and O–H groups in total. The van der Waals surface area contributed by atoms with Gasteiger partial charge < -0.3 is 14.2 Å². The van der Waals surface area contributed by atoms with Crippen LogP contribution in [-0.2, 0) is 14.2 Å². The van der Waals surface area contributed by atoms with Crippen molar-refractivity contribution in [3.05, 3.63) is 11.5 Å². The molecule has 3 nitrogen and oxygen atoms in total. The molecule has 1 rings (SSSR count). The topological polar surface area (TPSA) is 27.7 Å². The molecule has 0 fully saturated rings. The van der Waals surface area contributed by atoms with Crippen molar-refractivity contribution in [2.24, 2.45) is 11.8 Å². The molecule has 1 aliphatic heterocycles. The highest BCUT2D eigenvalue weighted by Crippen LogP contribution is 2.24. The lowest BCUT2D eigenvalue weighted by atomic mass is 10.1. The molecule has 0 unspecified atom stereocenters. The summed E-state index contributed by atoms with van der Waals surface area (Å²) >= 11 is 0. The van der Waals surface area contributed by atoms with Gasteiger partial charge in [0.25, 0.3) is 0 Å². The SMILES string of the molecule is CC(C)/C1=C(\C(C)C)OCCOCCO1. The maximum Gasteiger partial charge on any atom is 0.136 e. The first-order valence-corrected chi connectivity index (χ1v) is 5.70. The smallest absolute Gasteiger partial charge is 0.136 e. The van der Waals surface area contributed by atoms with E-state index in [9.17, 15) is 0 Å². The van der Waals surface area contributed by atoms with Crippen molar-refractivity contribution in [1.82, 2.24) is 0 Å². The van der Waals surface area contributed by atoms with Crippen LogP contribution in [0, 0.1) is 11.8 Å². The Bertz CT molecular complexity index is 197. The third-order valence-corrected chi connectivity index (χ3v) is 2.26. The molecule has 0 aromatic rings. The van der Waals surface area contributed by atoms with Gasteiger partial charge in [-0.2, -0.15) is 0 Å². The monoisotopic (exact) mass is 214 g/mol. The van der Waals surface area contributed by atoms with E-state index in [0.717, 1.165) is 11.5 Å². The second kappa shape index (κ2) is 6.01. The molecule has 0 bridgehead atoms. The average Bonchev–Trinajstić information content (AvgIpc) is 2.27. The van der Waals surface area contributed by atoms with E-state index >= 15 is 0 Å². The molecule has 15 heavy (non-hydrogen) atoms. The van der Waals surface area contributed by atoms with Gasteiger partial charge in [0.2, 0.25) is 0 Å². The van der Waals surface area contributed by atoms with Crippen molar-refractivity contribution in [2.45, 2.75) is 27.7 Å². The molecule has 0 aromatic carbocycles. The minimum Gasteiger partial charge on any atom is -0.492 e. The first-order valence-electron chi connectivity index (χ1n) is 5.70. The van der Waals surface area contributed by atoms with E-state index in [1.165, 1.54) is 0 Å². The summed E-state index contributed by atoms with van der Waals surface area (Å²) in [7, 11) is 0. The van der Waals surface area contributed by atoms with Crippen LogP contribution in [0.25, 0.3) is 0 Å². The molecule has 0 saturated carbocycles. The van der Waals surface area contributed by atoms with Gasteiger partial charge in [0.1, 0.15) is 24.7 Å². The normalized spacial score (nSPS) is 24.1. The van der Waals surface area contributed by atoms with Gasteiger partial charge in [0.05, 0.1) is 13.2 Å². The fourth-order valence-electron chi connectivity index (χ4n) is 1.57. The number of hydrogen-bond donors (Lipinski definition) is 0. The minimum absolute atomic E-state index is 0.362. The maximum atomic E-state index is 5.73. The molecule has 3 heteroatoms. The molecule has 0 aliphatic carbocycles. The summed E-state index contributed by atoms with van der Waals surface area (Å²) < 4.78 is 16.8. The van der Waals surface area contributed by atoms with Crippen LogP contribution in [-0.4, -0.2) is 26.4 Å². The van der Waals surface area contributed by atoms with Gasteiger partial charge in [0, 0.05) is 11.8 Å². The second-order valence-corrected chi connectivity index (χ2v) is 4.35. The van der Waals surface area contributed by atoms with Crippen LogP contribution < -0.4 is 0 Å². The van der Waals surface area contributed by atoms with E-state index in [-0.39, 0.29) is 0 Å². The van der Waals surface area contributed by atoms with E-state index in [1.54, 1.807) is 0 Å². The van der Waals surface area contributed by atoms with Crippen LogP contribution in [0.4, 0.5) is 0 Å². The molecule has 88 valence electrons. The van der Waals surface area contributed by atoms with E-state index in [2.05, 4.69) is 27.7 Å². The summed E-state index contributed by atoms with van der Waals surface area (Å²) in [5.74, 6) is 2.69. The lowest BCUT2D eigenvalue weighted by Gasteiger charge is -2.20. The molecule has 0 spiro atoms. The summed E-state index contributed by atoms with van der Waals surface area (Å²) in [6.45, 7) is 11.0. The zero-order chi connectivity index (χ0) is 11.3. The van der Waals surface area contributed by atoms with Crippen molar-refractivity contribution in [3.63, 3.8) is 0 Å². The first kappa shape index (κ1) is 12.4. The van der Waals surface area contributed by atoms with Crippen molar-refractivity contribution < 1.29 is 14.2 Å². The Kier molecular flexibility index (Phi) is 4.95. The summed E-state index contributed by atoms with van der Waals surface area (Å²) in [6, 6.07) is 0. The van der Waals surface area contributed by atoms with Gasteiger partial charge in [-0.3, -0.25) is 0 Å². The fourth-order valence-corrected chi connectivity index (χ4v) is 1.57. The van der Waals surface area contributed by atoms with Crippen LogP contribution in [0.15, 0.2) is 11.5 Å². The van der Waals surface area contributed by atoms with Gasteiger partial charge in [-0.15, -0.1) is 0 Å². The molecule has 0 amide bonds. The molecule has 0 radical (unpaired) electrons. The van der Waals surface area contributed by atoms with Crippen LogP contribution in [0.3, 0.4) is 0 Å². The van der Waals surface area contributed by atoms with Crippen LogP contribution >= 0.6 is 0 Å². The Morgan fingerprint density at radius 3 is 1.47 bits per heavy atom. The molecule has 0 atom stereocenters. The molecule has 1 heterocycles. The summed E-state index contributed by atoms with van der Waals surface area (Å²) in [5, 5.41) is 0. The predicted molar refractivity (Wildman–Crippen MR) is 59.4 cm³/mol. The lowest BCUT2D eigenvalue weighted by molar-refractivity contribution is 0.0600. The Morgan fingerprint density at radius 1 is 0.733 bits per heavy atom. The average molecular weight is 214 g/mol. The molecule has 0 saturated heterocycles. The van der Waals surface area contributed by atoms with E-state index < -0.39 is 0 Å². The highest BCUT2D eigenvalue weighted by molar-refractivity contribution is 5.06. The van der Waals surface area contributed by atoms with Gasteiger partial charge in [-0.25, -0.2) is 0 Å². The predicted octanol–water partition coefficient (Wildman–Crippen LogP) is 2.57. The molecule has 1 aliphatic rings. The Morgan fingerprint density at radius 2 is 1.13 bits per heavy atom. The van der Waals surface area contributed by atoms with Gasteiger partial charge >= 0.3 is 0 Å². The van der Waals surface area contributed by atoms with Crippen LogP contribution in [0.2, 0.25) is 0 Å². The Labute approximate surface area is 92.4 Å². The molecular weight excluding hydrogens is 192 g/mol. The minimum atomic E-state index is 0.362. The zero-order valence-corrected chi connectivity index (χ0v) is 10.2. The maximum absolute atomic E-state index is 5.73. The van der Waals surface area contributed by atoms with E-state index in [0.29, 0.717) is 38.3 Å². The largest absolute Gasteiger partial charge is 0.492 e. The van der Waals surface area contributed by atoms with Gasteiger partial charge in [-0.1, -0.05) is 27.7 Å². The molecule has 0 aromatic heterocycles. The Balaban J connectivity index is 2.84. The first-order chi connectivity index (χ1) is 7.13. The third-order valence-electron chi connectivity index (χ3n) is 2.26. The quantitative estimate of drug-likeness (QED) is 0.707. The van der Waals surface area contributed by atoms with Gasteiger partial charge in [0.15, 0.2) is 0 Å². The number of rotatable bonds is 2. The summed E-state index contributed by atoms with van der Waals surface area (Å²) in [6.07, 6.45) is 0. The van der Waals surface area contributed by atoms with E-state index in [4.69, 9.17) is 14.2 Å². The fraction of sp³-hybridized carbons (Fsp3) is 0.833. The number of ether oxygens (including phenoxy) is 3. The van der Waals surface area contributed by atoms with Crippen LogP contribution in [0.1, 0.15) is 27.7 Å². The second-order valence-electron chi connectivity index (χ2n) is 4.35. The van der Waals surface area contributed by atoms with Gasteiger partial charge in [-0.05, 0) is 0 Å². The van der Waals surface area contributed by atoms with Crippen molar-refractivity contribution >= 4 is 0 Å². The molecular formula is C12H22O3. The van der Waals surface area contributed by atoms with Crippen molar-refractivity contribution in [3.8, 4) is 0 Å². The summed E-state index contributed by atoms with van der Waals surface area (Å²) in [5.41, 5.74) is 0.